The fourth-order valence-corrected chi connectivity index (χ4v) is 2.92. The van der Waals surface area contributed by atoms with Crippen molar-refractivity contribution in [3.05, 3.63) is 21.5 Å². The molecule has 0 radical (unpaired) electrons. The molecule has 2 amide bonds. The largest absolute Gasteiger partial charge is 0.441 e. The molecule has 12 nitrogen and oxygen atoms in total. The van der Waals surface area contributed by atoms with Crippen LogP contribution in [0, 0.1) is 10.1 Å². The average Bonchev–Trinajstić information content (AvgIpc) is 3.01. The van der Waals surface area contributed by atoms with Gasteiger partial charge in [0.1, 0.15) is 0 Å². The van der Waals surface area contributed by atoms with Crippen molar-refractivity contribution < 1.29 is 24.0 Å². The zero-order chi connectivity index (χ0) is 20.5. The molecule has 0 aromatic carbocycles. The molecule has 28 heavy (non-hydrogen) atoms. The van der Waals surface area contributed by atoms with Crippen LogP contribution in [-0.2, 0) is 29.7 Å². The number of likely N-dealkylation sites (tertiary alicyclic amines) is 1. The van der Waals surface area contributed by atoms with E-state index < -0.39 is 23.1 Å². The highest BCUT2D eigenvalue weighted by molar-refractivity contribution is 5.67. The maximum absolute atomic E-state index is 11.9. The molecule has 1 aliphatic heterocycles. The van der Waals surface area contributed by atoms with Crippen molar-refractivity contribution in [2.75, 3.05) is 33.2 Å². The van der Waals surface area contributed by atoms with E-state index in [9.17, 15) is 19.7 Å². The number of alkyl carbamates (subject to hydrolysis) is 2. The summed E-state index contributed by atoms with van der Waals surface area (Å²) in [7, 11) is 2.82. The molecule has 2 rings (SSSR count). The number of nitrogens with zero attached hydrogens (tertiary/aromatic N) is 4. The van der Waals surface area contributed by atoms with Gasteiger partial charge in [-0.3, -0.25) is 0 Å². The predicted octanol–water partition coefficient (Wildman–Crippen LogP) is 0.896. The Kier molecular flexibility index (Phi) is 7.99. The number of amides is 2. The van der Waals surface area contributed by atoms with E-state index in [1.807, 2.05) is 0 Å². The predicted molar refractivity (Wildman–Crippen MR) is 97.6 cm³/mol. The molecule has 2 heterocycles. The van der Waals surface area contributed by atoms with Crippen molar-refractivity contribution in [1.29, 1.82) is 0 Å². The van der Waals surface area contributed by atoms with Gasteiger partial charge in [-0.15, -0.1) is 0 Å². The molecule has 1 fully saturated rings. The number of imidazole rings is 1. The third-order valence-electron chi connectivity index (χ3n) is 4.47. The molecule has 0 atom stereocenters. The zero-order valence-electron chi connectivity index (χ0n) is 16.1. The van der Waals surface area contributed by atoms with E-state index in [4.69, 9.17) is 9.47 Å². The van der Waals surface area contributed by atoms with Crippen LogP contribution in [0.2, 0.25) is 0 Å². The third-order valence-corrected chi connectivity index (χ3v) is 4.47. The fourth-order valence-electron chi connectivity index (χ4n) is 2.92. The number of carbonyl (C=O) groups is 2. The van der Waals surface area contributed by atoms with Gasteiger partial charge in [0.2, 0.25) is 0 Å². The number of nitro groups is 1. The van der Waals surface area contributed by atoms with E-state index in [0.29, 0.717) is 6.54 Å². The van der Waals surface area contributed by atoms with Crippen LogP contribution >= 0.6 is 0 Å². The van der Waals surface area contributed by atoms with Gasteiger partial charge in [-0.25, -0.2) is 14.2 Å². The number of hydrogen-bond acceptors (Lipinski definition) is 8. The lowest BCUT2D eigenvalue weighted by atomic mass is 10.1. The maximum Gasteiger partial charge on any atom is 0.435 e. The summed E-state index contributed by atoms with van der Waals surface area (Å²) in [5.41, 5.74) is 0.431. The highest BCUT2D eigenvalue weighted by Crippen LogP contribution is 2.18. The number of piperidine rings is 1. The molecule has 0 bridgehead atoms. The molecule has 0 unspecified atom stereocenters. The second-order valence-corrected chi connectivity index (χ2v) is 6.35. The fraction of sp³-hybridized carbons (Fsp3) is 0.688. The lowest BCUT2D eigenvalue weighted by molar-refractivity contribution is -0.396. The second-order valence-electron chi connectivity index (χ2n) is 6.35. The van der Waals surface area contributed by atoms with Crippen LogP contribution in [0.25, 0.3) is 0 Å². The van der Waals surface area contributed by atoms with Gasteiger partial charge < -0.3 is 35.1 Å². The Labute approximate surface area is 162 Å². The lowest BCUT2D eigenvalue weighted by Gasteiger charge is -2.26. The summed E-state index contributed by atoms with van der Waals surface area (Å²) in [6, 6.07) is 0. The third kappa shape index (κ3) is 6.08. The number of nitrogens with one attached hydrogen (secondary N) is 2. The van der Waals surface area contributed by atoms with Crippen molar-refractivity contribution in [1.82, 2.24) is 25.1 Å². The van der Waals surface area contributed by atoms with Crippen molar-refractivity contribution in [2.45, 2.75) is 32.5 Å². The van der Waals surface area contributed by atoms with Crippen LogP contribution in [0.3, 0.4) is 0 Å². The molecule has 0 spiro atoms. The van der Waals surface area contributed by atoms with Crippen molar-refractivity contribution in [3.8, 4) is 0 Å². The second kappa shape index (κ2) is 10.4. The number of carbonyl (C=O) groups excluding carboxylic acids is 2. The average molecular weight is 398 g/mol. The van der Waals surface area contributed by atoms with E-state index in [-0.39, 0.29) is 24.6 Å². The van der Waals surface area contributed by atoms with Gasteiger partial charge in [0.05, 0.1) is 7.05 Å². The monoisotopic (exact) mass is 398 g/mol. The normalized spacial score (nSPS) is 14.4. The van der Waals surface area contributed by atoms with Gasteiger partial charge in [-0.1, -0.05) is 11.4 Å². The molecular weight excluding hydrogens is 372 g/mol. The lowest BCUT2D eigenvalue weighted by Crippen LogP contribution is -2.37. The Bertz CT molecular complexity index is 700. The van der Waals surface area contributed by atoms with Gasteiger partial charge >= 0.3 is 18.1 Å². The highest BCUT2D eigenvalue weighted by atomic mass is 16.6. The molecule has 1 aliphatic rings. The minimum atomic E-state index is -0.689. The summed E-state index contributed by atoms with van der Waals surface area (Å²) in [5, 5.41) is 16.0. The van der Waals surface area contributed by atoms with Gasteiger partial charge in [0.15, 0.2) is 24.6 Å². The molecule has 2 N–H and O–H groups in total. The van der Waals surface area contributed by atoms with Gasteiger partial charge in [0, 0.05) is 20.1 Å². The minimum absolute atomic E-state index is 0.157. The van der Waals surface area contributed by atoms with E-state index in [1.165, 1.54) is 37.9 Å². The highest BCUT2D eigenvalue weighted by Gasteiger charge is 2.26. The van der Waals surface area contributed by atoms with Crippen molar-refractivity contribution >= 4 is 18.1 Å². The Morgan fingerprint density at radius 2 is 1.86 bits per heavy atom. The number of ether oxygens (including phenoxy) is 2. The maximum atomic E-state index is 11.9. The van der Waals surface area contributed by atoms with Crippen LogP contribution in [0.4, 0.5) is 15.5 Å². The SMILES string of the molecule is CNC(=O)OCc1c(COC(=O)NCCN2CCCCC2)nc([N+](=O)[O-])n1C. The van der Waals surface area contributed by atoms with E-state index in [2.05, 4.69) is 20.5 Å². The molecular formula is C16H26N6O6. The molecule has 1 aromatic heterocycles. The van der Waals surface area contributed by atoms with E-state index in [1.54, 1.807) is 0 Å². The molecule has 1 saturated heterocycles. The number of aromatic nitrogens is 2. The first kappa shape index (κ1) is 21.4. The first-order chi connectivity index (χ1) is 13.4. The first-order valence-corrected chi connectivity index (χ1v) is 9.08. The molecule has 12 heteroatoms. The van der Waals surface area contributed by atoms with E-state index in [0.717, 1.165) is 19.6 Å². The van der Waals surface area contributed by atoms with Gasteiger partial charge in [-0.2, -0.15) is 0 Å². The smallest absolute Gasteiger partial charge is 0.435 e. The number of rotatable bonds is 8. The minimum Gasteiger partial charge on any atom is -0.441 e. The van der Waals surface area contributed by atoms with E-state index >= 15 is 0 Å². The molecule has 156 valence electrons. The van der Waals surface area contributed by atoms with Crippen molar-refractivity contribution in [3.63, 3.8) is 0 Å². The molecule has 0 saturated carbocycles. The summed E-state index contributed by atoms with van der Waals surface area (Å²) < 4.78 is 11.2. The van der Waals surface area contributed by atoms with Gasteiger partial charge in [0.25, 0.3) is 0 Å². The molecule has 1 aromatic rings. The zero-order valence-corrected chi connectivity index (χ0v) is 16.1. The van der Waals surface area contributed by atoms with Crippen LogP contribution in [0.1, 0.15) is 30.7 Å². The summed E-state index contributed by atoms with van der Waals surface area (Å²) in [6.45, 7) is 2.74. The Hall–Kier alpha value is -2.89. The number of hydrogen-bond donors (Lipinski definition) is 2. The summed E-state index contributed by atoms with van der Waals surface area (Å²) in [4.78, 5) is 39.7. The Morgan fingerprint density at radius 3 is 2.50 bits per heavy atom. The Balaban J connectivity index is 1.88. The standard InChI is InChI=1S/C16H26N6O6/c1-17-15(23)28-11-13-12(19-14(20(13)2)22(25)26)10-27-16(24)18-6-9-21-7-4-3-5-8-21/h3-11H2,1-2H3,(H,17,23)(H,18,24). The van der Waals surface area contributed by atoms with Crippen LogP contribution < -0.4 is 10.6 Å². The van der Waals surface area contributed by atoms with Crippen LogP contribution in [-0.4, -0.2) is 64.8 Å². The summed E-state index contributed by atoms with van der Waals surface area (Å²) in [6.07, 6.45) is 2.26. The molecule has 0 aliphatic carbocycles. The topological polar surface area (TPSA) is 141 Å². The van der Waals surface area contributed by atoms with Gasteiger partial charge in [-0.05, 0) is 30.9 Å². The Morgan fingerprint density at radius 1 is 1.18 bits per heavy atom. The van der Waals surface area contributed by atoms with Crippen LogP contribution in [0.15, 0.2) is 0 Å². The summed E-state index contributed by atoms with van der Waals surface area (Å²) in [5.74, 6) is -0.431. The van der Waals surface area contributed by atoms with Crippen molar-refractivity contribution in [2.24, 2.45) is 7.05 Å². The summed E-state index contributed by atoms with van der Waals surface area (Å²) >= 11 is 0. The quantitative estimate of drug-likeness (QED) is 0.486. The van der Waals surface area contributed by atoms with Crippen LogP contribution in [0.5, 0.6) is 0 Å². The first-order valence-electron chi connectivity index (χ1n) is 9.08.